The molecule has 1 fully saturated rings. The van der Waals surface area contributed by atoms with Crippen LogP contribution in [0.5, 0.6) is 0 Å². The van der Waals surface area contributed by atoms with Crippen LogP contribution in [0.3, 0.4) is 0 Å². The molecule has 0 aromatic heterocycles. The van der Waals surface area contributed by atoms with E-state index in [1.165, 1.54) is 11.8 Å². The Hall–Kier alpha value is -2.21. The Labute approximate surface area is 158 Å². The highest BCUT2D eigenvalue weighted by atomic mass is 32.2. The first-order chi connectivity index (χ1) is 12.5. The first kappa shape index (κ1) is 18.6. The maximum Gasteiger partial charge on any atom is 0.254 e. The molecular formula is C20H25N3O2S. The van der Waals surface area contributed by atoms with Crippen LogP contribution in [0.15, 0.2) is 52.2 Å². The molecule has 138 valence electrons. The number of rotatable bonds is 4. The number of hydrogen-bond donors (Lipinski definition) is 3. The highest BCUT2D eigenvalue weighted by Gasteiger charge is 2.49. The Morgan fingerprint density at radius 1 is 1.12 bits per heavy atom. The second-order valence-corrected chi connectivity index (χ2v) is 7.68. The maximum atomic E-state index is 13.2. The molecule has 0 atom stereocenters. The van der Waals surface area contributed by atoms with Crippen molar-refractivity contribution in [3.63, 3.8) is 0 Å². The van der Waals surface area contributed by atoms with Crippen molar-refractivity contribution in [1.82, 2.24) is 5.32 Å². The van der Waals surface area contributed by atoms with Crippen LogP contribution in [-0.4, -0.2) is 18.1 Å². The van der Waals surface area contributed by atoms with Crippen molar-refractivity contribution in [2.75, 3.05) is 11.6 Å². The third-order valence-corrected chi connectivity index (χ3v) is 5.99. The van der Waals surface area contributed by atoms with Crippen molar-refractivity contribution in [2.24, 2.45) is 11.1 Å². The Bertz CT molecular complexity index is 778. The van der Waals surface area contributed by atoms with Crippen molar-refractivity contribution in [2.45, 2.75) is 39.0 Å². The summed E-state index contributed by atoms with van der Waals surface area (Å²) in [7, 11) is 0. The molecule has 1 aromatic rings. The van der Waals surface area contributed by atoms with Gasteiger partial charge >= 0.3 is 0 Å². The SMILES string of the molecule is CSC1=C(C(N)=O)C2(CCCCC2)C(C(=O)Nc2ccccc2)=C(C)N1. The molecule has 0 unspecified atom stereocenters. The van der Waals surface area contributed by atoms with E-state index in [-0.39, 0.29) is 5.91 Å². The van der Waals surface area contributed by atoms with Gasteiger partial charge < -0.3 is 16.4 Å². The van der Waals surface area contributed by atoms with Crippen LogP contribution in [0.4, 0.5) is 5.69 Å². The fraction of sp³-hybridized carbons (Fsp3) is 0.400. The van der Waals surface area contributed by atoms with E-state index in [1.807, 2.05) is 43.5 Å². The van der Waals surface area contributed by atoms with Crippen molar-refractivity contribution >= 4 is 29.3 Å². The van der Waals surface area contributed by atoms with Crippen LogP contribution in [0.25, 0.3) is 0 Å². The summed E-state index contributed by atoms with van der Waals surface area (Å²) in [5, 5.41) is 7.01. The number of nitrogens with two attached hydrogens (primary N) is 1. The van der Waals surface area contributed by atoms with Crippen molar-refractivity contribution < 1.29 is 9.59 Å². The molecule has 1 saturated carbocycles. The summed E-state index contributed by atoms with van der Waals surface area (Å²) < 4.78 is 0. The largest absolute Gasteiger partial charge is 0.366 e. The summed E-state index contributed by atoms with van der Waals surface area (Å²) >= 11 is 1.47. The van der Waals surface area contributed by atoms with Crippen molar-refractivity contribution in [3.05, 3.63) is 52.2 Å². The summed E-state index contributed by atoms with van der Waals surface area (Å²) in [5.41, 5.74) is 7.94. The van der Waals surface area contributed by atoms with Crippen LogP contribution in [0, 0.1) is 5.41 Å². The minimum Gasteiger partial charge on any atom is -0.366 e. The molecule has 1 heterocycles. The van der Waals surface area contributed by atoms with Crippen LogP contribution in [0.2, 0.25) is 0 Å². The zero-order chi connectivity index (χ0) is 18.7. The topological polar surface area (TPSA) is 84.2 Å². The van der Waals surface area contributed by atoms with Gasteiger partial charge in [-0.05, 0) is 38.2 Å². The van der Waals surface area contributed by atoms with E-state index in [4.69, 9.17) is 5.73 Å². The number of dihydropyridines is 1. The number of hydrogen-bond acceptors (Lipinski definition) is 4. The molecule has 4 N–H and O–H groups in total. The number of para-hydroxylation sites is 1. The van der Waals surface area contributed by atoms with Gasteiger partial charge in [-0.25, -0.2) is 0 Å². The number of nitrogens with one attached hydrogen (secondary N) is 2. The van der Waals surface area contributed by atoms with E-state index in [9.17, 15) is 9.59 Å². The molecule has 0 bridgehead atoms. The Morgan fingerprint density at radius 2 is 1.77 bits per heavy atom. The standard InChI is InChI=1S/C20H25N3O2S/c1-13-15(18(25)23-14-9-5-3-6-10-14)20(11-7-4-8-12-20)16(17(21)24)19(22-13)26-2/h3,5-6,9-10,22H,4,7-8,11-12H2,1-2H3,(H2,21,24)(H,23,25). The van der Waals surface area contributed by atoms with Gasteiger partial charge in [-0.2, -0.15) is 0 Å². The van der Waals surface area contributed by atoms with E-state index in [1.54, 1.807) is 0 Å². The van der Waals surface area contributed by atoms with E-state index >= 15 is 0 Å². The number of anilines is 1. The lowest BCUT2D eigenvalue weighted by atomic mass is 9.62. The van der Waals surface area contributed by atoms with Gasteiger partial charge in [0.2, 0.25) is 5.91 Å². The fourth-order valence-electron chi connectivity index (χ4n) is 4.26. The minimum absolute atomic E-state index is 0.165. The molecule has 6 heteroatoms. The zero-order valence-electron chi connectivity index (χ0n) is 15.2. The van der Waals surface area contributed by atoms with E-state index in [0.717, 1.165) is 48.5 Å². The lowest BCUT2D eigenvalue weighted by Gasteiger charge is -2.44. The molecule has 0 saturated heterocycles. The molecule has 2 amide bonds. The normalized spacial score (nSPS) is 19.3. The smallest absolute Gasteiger partial charge is 0.254 e. The Kier molecular flexibility index (Phi) is 5.41. The van der Waals surface area contributed by atoms with Crippen LogP contribution >= 0.6 is 11.8 Å². The molecule has 26 heavy (non-hydrogen) atoms. The number of benzene rings is 1. The summed E-state index contributed by atoms with van der Waals surface area (Å²) in [4.78, 5) is 25.6. The van der Waals surface area contributed by atoms with Gasteiger partial charge in [0, 0.05) is 22.4 Å². The highest BCUT2D eigenvalue weighted by Crippen LogP contribution is 2.52. The Morgan fingerprint density at radius 3 is 2.35 bits per heavy atom. The summed E-state index contributed by atoms with van der Waals surface area (Å²) in [6, 6.07) is 9.38. The molecule has 0 radical (unpaired) electrons. The van der Waals surface area contributed by atoms with E-state index < -0.39 is 11.3 Å². The van der Waals surface area contributed by atoms with Crippen LogP contribution in [-0.2, 0) is 9.59 Å². The van der Waals surface area contributed by atoms with Gasteiger partial charge in [0.1, 0.15) is 0 Å². The van der Waals surface area contributed by atoms with E-state index in [2.05, 4.69) is 10.6 Å². The third-order valence-electron chi connectivity index (χ3n) is 5.28. The molecule has 1 aliphatic carbocycles. The molecule has 5 nitrogen and oxygen atoms in total. The predicted molar refractivity (Wildman–Crippen MR) is 106 cm³/mol. The van der Waals surface area contributed by atoms with E-state index in [0.29, 0.717) is 11.1 Å². The molecule has 2 aliphatic rings. The average molecular weight is 372 g/mol. The number of carbonyl (C=O) groups is 2. The maximum absolute atomic E-state index is 13.2. The highest BCUT2D eigenvalue weighted by molar-refractivity contribution is 8.02. The molecule has 1 spiro atoms. The number of thioether (sulfide) groups is 1. The predicted octanol–water partition coefficient (Wildman–Crippen LogP) is 3.51. The van der Waals surface area contributed by atoms with Crippen molar-refractivity contribution in [3.8, 4) is 0 Å². The second kappa shape index (κ2) is 7.58. The first-order valence-electron chi connectivity index (χ1n) is 8.93. The molecular weight excluding hydrogens is 346 g/mol. The van der Waals surface area contributed by atoms with Crippen LogP contribution in [0.1, 0.15) is 39.0 Å². The van der Waals surface area contributed by atoms with Gasteiger partial charge in [-0.3, -0.25) is 9.59 Å². The van der Waals surface area contributed by atoms with Gasteiger partial charge in [0.25, 0.3) is 5.91 Å². The van der Waals surface area contributed by atoms with Crippen molar-refractivity contribution in [1.29, 1.82) is 0 Å². The lowest BCUT2D eigenvalue weighted by Crippen LogP contribution is -2.45. The molecule has 1 aromatic carbocycles. The second-order valence-electron chi connectivity index (χ2n) is 6.86. The first-order valence-corrected chi connectivity index (χ1v) is 10.2. The van der Waals surface area contributed by atoms with Crippen LogP contribution < -0.4 is 16.4 Å². The fourth-order valence-corrected chi connectivity index (χ4v) is 5.01. The summed E-state index contributed by atoms with van der Waals surface area (Å²) in [6.07, 6.45) is 6.53. The minimum atomic E-state index is -0.601. The molecule has 1 aliphatic heterocycles. The third kappa shape index (κ3) is 3.26. The monoisotopic (exact) mass is 371 g/mol. The average Bonchev–Trinajstić information content (AvgIpc) is 2.62. The van der Waals surface area contributed by atoms with Gasteiger partial charge in [-0.1, -0.05) is 37.5 Å². The lowest BCUT2D eigenvalue weighted by molar-refractivity contribution is -0.116. The quantitative estimate of drug-likeness (QED) is 0.756. The number of allylic oxidation sites excluding steroid dienone is 1. The van der Waals surface area contributed by atoms with Gasteiger partial charge in [0.05, 0.1) is 10.6 Å². The summed E-state index contributed by atoms with van der Waals surface area (Å²) in [5.74, 6) is -0.608. The Balaban J connectivity index is 2.07. The van der Waals surface area contributed by atoms with Gasteiger partial charge in [0.15, 0.2) is 0 Å². The molecule has 3 rings (SSSR count). The summed E-state index contributed by atoms with van der Waals surface area (Å²) in [6.45, 7) is 1.91. The number of carbonyl (C=O) groups excluding carboxylic acids is 2. The number of amides is 2. The zero-order valence-corrected chi connectivity index (χ0v) is 16.0. The van der Waals surface area contributed by atoms with Gasteiger partial charge in [-0.15, -0.1) is 11.8 Å². The number of primary amides is 1.